The lowest BCUT2D eigenvalue weighted by atomic mass is 9.88. The van der Waals surface area contributed by atoms with Crippen LogP contribution in [0.25, 0.3) is 0 Å². The molecule has 8 nitrogen and oxygen atoms in total. The van der Waals surface area contributed by atoms with Crippen LogP contribution in [0.1, 0.15) is 29.8 Å². The van der Waals surface area contributed by atoms with Gasteiger partial charge in [-0.3, -0.25) is 9.69 Å². The standard InChI is InChI=1S/C24H28N4O4/c1-30-20-4-2-18(3-5-20)14-26-22(29)21-16-28-12-9-25-23(28)24(32-21)7-10-27(11-8-24)15-19-6-13-31-17-19/h2-6,9,12-13,17,21H,7-8,10-11,14-16H2,1H3,(H,26,29)/t21-/m0/s1. The topological polar surface area (TPSA) is 81.8 Å². The Morgan fingerprint density at radius 3 is 2.75 bits per heavy atom. The Bertz CT molecular complexity index is 1040. The number of fused-ring (bicyclic) bond motifs is 2. The van der Waals surface area contributed by atoms with E-state index in [1.165, 1.54) is 5.56 Å². The molecule has 1 aromatic carbocycles. The van der Waals surface area contributed by atoms with E-state index in [1.54, 1.807) is 25.8 Å². The normalized spacial score (nSPS) is 20.1. The molecule has 4 heterocycles. The van der Waals surface area contributed by atoms with Crippen molar-refractivity contribution in [3.05, 3.63) is 72.2 Å². The van der Waals surface area contributed by atoms with Crippen LogP contribution in [-0.4, -0.2) is 46.7 Å². The molecule has 0 unspecified atom stereocenters. The van der Waals surface area contributed by atoms with Gasteiger partial charge in [0.2, 0.25) is 0 Å². The summed E-state index contributed by atoms with van der Waals surface area (Å²) in [6.45, 7) is 3.53. The zero-order valence-electron chi connectivity index (χ0n) is 18.2. The molecule has 0 radical (unpaired) electrons. The summed E-state index contributed by atoms with van der Waals surface area (Å²) >= 11 is 0. The van der Waals surface area contributed by atoms with Crippen molar-refractivity contribution in [1.82, 2.24) is 19.8 Å². The summed E-state index contributed by atoms with van der Waals surface area (Å²) in [6, 6.07) is 9.68. The molecule has 1 spiro atoms. The molecule has 0 aliphatic carbocycles. The van der Waals surface area contributed by atoms with Gasteiger partial charge in [0, 0.05) is 44.1 Å². The van der Waals surface area contributed by atoms with Crippen LogP contribution in [-0.2, 0) is 34.8 Å². The molecule has 32 heavy (non-hydrogen) atoms. The smallest absolute Gasteiger partial charge is 0.251 e. The highest BCUT2D eigenvalue weighted by Gasteiger charge is 2.47. The second-order valence-corrected chi connectivity index (χ2v) is 8.48. The molecule has 168 valence electrons. The van der Waals surface area contributed by atoms with E-state index in [0.717, 1.165) is 49.6 Å². The highest BCUT2D eigenvalue weighted by Crippen LogP contribution is 2.40. The molecule has 2 aliphatic heterocycles. The highest BCUT2D eigenvalue weighted by atomic mass is 16.5. The lowest BCUT2D eigenvalue weighted by molar-refractivity contribution is -0.174. The first-order chi connectivity index (χ1) is 15.6. The fourth-order valence-electron chi connectivity index (χ4n) is 4.63. The van der Waals surface area contributed by atoms with Crippen LogP contribution in [0.15, 0.2) is 59.7 Å². The minimum Gasteiger partial charge on any atom is -0.497 e. The minimum atomic E-state index is -0.546. The summed E-state index contributed by atoms with van der Waals surface area (Å²) in [6.07, 6.45) is 8.29. The van der Waals surface area contributed by atoms with E-state index in [-0.39, 0.29) is 5.91 Å². The summed E-state index contributed by atoms with van der Waals surface area (Å²) in [5.74, 6) is 1.63. The van der Waals surface area contributed by atoms with E-state index in [0.29, 0.717) is 13.1 Å². The number of carbonyl (C=O) groups is 1. The fraction of sp³-hybridized carbons (Fsp3) is 0.417. The van der Waals surface area contributed by atoms with Crippen molar-refractivity contribution in [3.8, 4) is 5.75 Å². The van der Waals surface area contributed by atoms with Gasteiger partial charge in [0.25, 0.3) is 5.91 Å². The summed E-state index contributed by atoms with van der Waals surface area (Å²) < 4.78 is 19.0. The molecule has 1 amide bonds. The number of carbonyl (C=O) groups excluding carboxylic acids is 1. The molecule has 2 aliphatic rings. The molecule has 3 aromatic rings. The van der Waals surface area contributed by atoms with Gasteiger partial charge in [-0.25, -0.2) is 4.98 Å². The van der Waals surface area contributed by atoms with Gasteiger partial charge >= 0.3 is 0 Å². The Morgan fingerprint density at radius 1 is 1.22 bits per heavy atom. The van der Waals surface area contributed by atoms with E-state index in [1.807, 2.05) is 36.5 Å². The Morgan fingerprint density at radius 2 is 2.03 bits per heavy atom. The van der Waals surface area contributed by atoms with Crippen LogP contribution in [0, 0.1) is 0 Å². The molecular weight excluding hydrogens is 408 g/mol. The van der Waals surface area contributed by atoms with Gasteiger partial charge in [-0.15, -0.1) is 0 Å². The Labute approximate surface area is 187 Å². The van der Waals surface area contributed by atoms with Gasteiger partial charge in [0.05, 0.1) is 26.2 Å². The third-order valence-corrected chi connectivity index (χ3v) is 6.42. The summed E-state index contributed by atoms with van der Waals surface area (Å²) in [7, 11) is 1.64. The van der Waals surface area contributed by atoms with Crippen LogP contribution >= 0.6 is 0 Å². The highest BCUT2D eigenvalue weighted by molar-refractivity contribution is 5.81. The SMILES string of the molecule is COc1ccc(CNC(=O)[C@@H]2Cn3ccnc3C3(CCN(Cc4ccoc4)CC3)O2)cc1. The number of furan rings is 1. The number of amides is 1. The van der Waals surface area contributed by atoms with Crippen molar-refractivity contribution in [2.45, 2.75) is 44.2 Å². The summed E-state index contributed by atoms with van der Waals surface area (Å²) in [5, 5.41) is 3.03. The molecule has 1 N–H and O–H groups in total. The van der Waals surface area contributed by atoms with Gasteiger partial charge in [-0.1, -0.05) is 12.1 Å². The maximum atomic E-state index is 13.0. The first kappa shape index (κ1) is 20.8. The van der Waals surface area contributed by atoms with E-state index < -0.39 is 11.7 Å². The number of likely N-dealkylation sites (tertiary alicyclic amines) is 1. The predicted molar refractivity (Wildman–Crippen MR) is 117 cm³/mol. The molecule has 2 aromatic heterocycles. The average Bonchev–Trinajstić information content (AvgIpc) is 3.52. The zero-order chi connectivity index (χ0) is 22.0. The van der Waals surface area contributed by atoms with Gasteiger partial charge in [-0.05, 0) is 36.6 Å². The molecule has 8 heteroatoms. The monoisotopic (exact) mass is 436 g/mol. The molecule has 0 bridgehead atoms. The van der Waals surface area contributed by atoms with Crippen molar-refractivity contribution >= 4 is 5.91 Å². The van der Waals surface area contributed by atoms with Crippen molar-refractivity contribution < 1.29 is 18.7 Å². The van der Waals surface area contributed by atoms with Crippen LogP contribution in [0.3, 0.4) is 0 Å². The van der Waals surface area contributed by atoms with E-state index in [2.05, 4.69) is 19.8 Å². The lowest BCUT2D eigenvalue weighted by Gasteiger charge is -2.45. The number of nitrogens with one attached hydrogen (secondary N) is 1. The first-order valence-corrected chi connectivity index (χ1v) is 11.0. The number of hydrogen-bond donors (Lipinski definition) is 1. The first-order valence-electron chi connectivity index (χ1n) is 11.0. The predicted octanol–water partition coefficient (Wildman–Crippen LogP) is 2.69. The Kier molecular flexibility index (Phi) is 5.71. The molecule has 0 saturated carbocycles. The van der Waals surface area contributed by atoms with Gasteiger partial charge in [0.15, 0.2) is 6.10 Å². The number of nitrogens with zero attached hydrogens (tertiary/aromatic N) is 3. The number of rotatable bonds is 6. The third-order valence-electron chi connectivity index (χ3n) is 6.42. The number of ether oxygens (including phenoxy) is 2. The molecule has 1 saturated heterocycles. The Hall–Kier alpha value is -3.10. The quantitative estimate of drug-likeness (QED) is 0.640. The molecule has 1 atom stereocenters. The minimum absolute atomic E-state index is 0.0969. The van der Waals surface area contributed by atoms with Crippen molar-refractivity contribution in [1.29, 1.82) is 0 Å². The maximum absolute atomic E-state index is 13.0. The maximum Gasteiger partial charge on any atom is 0.251 e. The Balaban J connectivity index is 1.24. The van der Waals surface area contributed by atoms with Crippen LogP contribution in [0.4, 0.5) is 0 Å². The number of imidazole rings is 1. The number of methoxy groups -OCH3 is 1. The third kappa shape index (κ3) is 4.16. The lowest BCUT2D eigenvalue weighted by Crippen LogP contribution is -2.53. The fourth-order valence-corrected chi connectivity index (χ4v) is 4.63. The number of benzene rings is 1. The number of hydrogen-bond acceptors (Lipinski definition) is 6. The number of piperidine rings is 1. The van der Waals surface area contributed by atoms with Crippen molar-refractivity contribution in [2.24, 2.45) is 0 Å². The van der Waals surface area contributed by atoms with Gasteiger partial charge < -0.3 is 23.8 Å². The van der Waals surface area contributed by atoms with Crippen LogP contribution in [0.5, 0.6) is 5.75 Å². The largest absolute Gasteiger partial charge is 0.497 e. The summed E-state index contributed by atoms with van der Waals surface area (Å²) in [5.41, 5.74) is 1.65. The second-order valence-electron chi connectivity index (χ2n) is 8.48. The van der Waals surface area contributed by atoms with E-state index in [9.17, 15) is 4.79 Å². The van der Waals surface area contributed by atoms with Gasteiger partial charge in [0.1, 0.15) is 17.2 Å². The number of aromatic nitrogens is 2. The average molecular weight is 437 g/mol. The second kappa shape index (κ2) is 8.80. The van der Waals surface area contributed by atoms with E-state index in [4.69, 9.17) is 13.9 Å². The van der Waals surface area contributed by atoms with E-state index >= 15 is 0 Å². The molecular formula is C24H28N4O4. The molecule has 5 rings (SSSR count). The van der Waals surface area contributed by atoms with Crippen molar-refractivity contribution in [3.63, 3.8) is 0 Å². The summed E-state index contributed by atoms with van der Waals surface area (Å²) in [4.78, 5) is 20.0. The van der Waals surface area contributed by atoms with Crippen LogP contribution < -0.4 is 10.1 Å². The van der Waals surface area contributed by atoms with Gasteiger partial charge in [-0.2, -0.15) is 0 Å². The molecule has 1 fully saturated rings. The van der Waals surface area contributed by atoms with Crippen molar-refractivity contribution in [2.75, 3.05) is 20.2 Å². The van der Waals surface area contributed by atoms with Crippen LogP contribution in [0.2, 0.25) is 0 Å². The zero-order valence-corrected chi connectivity index (χ0v) is 18.2.